The van der Waals surface area contributed by atoms with Crippen LogP contribution in [0.25, 0.3) is 0 Å². The molecule has 0 spiro atoms. The Hall–Kier alpha value is -3.16. The number of nitrogens with one attached hydrogen (secondary N) is 1. The van der Waals surface area contributed by atoms with Crippen LogP contribution >= 0.6 is 11.3 Å². The van der Waals surface area contributed by atoms with Gasteiger partial charge in [0.1, 0.15) is 5.00 Å². The lowest BCUT2D eigenvalue weighted by Crippen LogP contribution is -2.43. The second kappa shape index (κ2) is 9.60. The van der Waals surface area contributed by atoms with E-state index in [4.69, 9.17) is 4.74 Å². The number of nitrogens with zero attached hydrogens (tertiary/aromatic N) is 1. The summed E-state index contributed by atoms with van der Waals surface area (Å²) < 4.78 is 5.50. The van der Waals surface area contributed by atoms with Crippen molar-refractivity contribution in [2.75, 3.05) is 30.0 Å². The van der Waals surface area contributed by atoms with Crippen molar-refractivity contribution < 1.29 is 19.4 Å². The van der Waals surface area contributed by atoms with Crippen LogP contribution in [0.3, 0.4) is 0 Å². The number of carboxylic acids is 1. The zero-order chi connectivity index (χ0) is 23.7. The van der Waals surface area contributed by atoms with Gasteiger partial charge in [-0.05, 0) is 78.4 Å². The highest BCUT2D eigenvalue weighted by atomic mass is 32.1. The molecule has 2 aliphatic rings. The van der Waals surface area contributed by atoms with Crippen LogP contribution in [0.1, 0.15) is 56.7 Å². The van der Waals surface area contributed by atoms with Gasteiger partial charge in [-0.2, -0.15) is 0 Å². The lowest BCUT2D eigenvalue weighted by molar-refractivity contribution is 0.0696. The smallest absolute Gasteiger partial charge is 0.339 e. The molecule has 0 bridgehead atoms. The summed E-state index contributed by atoms with van der Waals surface area (Å²) in [4.78, 5) is 27.4. The third-order valence-corrected chi connectivity index (χ3v) is 7.79. The molecule has 5 rings (SSSR count). The summed E-state index contributed by atoms with van der Waals surface area (Å²) in [5.41, 5.74) is 5.22. The van der Waals surface area contributed by atoms with Crippen LogP contribution in [0.15, 0.2) is 53.9 Å². The quantitative estimate of drug-likeness (QED) is 0.529. The Balaban J connectivity index is 1.33. The maximum atomic E-state index is 13.0. The van der Waals surface area contributed by atoms with E-state index in [0.717, 1.165) is 37.1 Å². The highest BCUT2D eigenvalue weighted by Gasteiger charge is 2.28. The predicted molar refractivity (Wildman–Crippen MR) is 135 cm³/mol. The molecule has 7 heteroatoms. The van der Waals surface area contributed by atoms with Gasteiger partial charge < -0.3 is 20.1 Å². The number of morpholine rings is 1. The minimum atomic E-state index is -0.998. The number of aryl methyl sites for hydroxylation is 1. The molecule has 1 aliphatic carbocycles. The number of carbonyl (C=O) groups is 2. The molecular weight excluding hydrogens is 448 g/mol. The lowest BCUT2D eigenvalue weighted by atomic mass is 9.80. The summed E-state index contributed by atoms with van der Waals surface area (Å²) in [5, 5.41) is 15.2. The van der Waals surface area contributed by atoms with Gasteiger partial charge in [-0.3, -0.25) is 4.79 Å². The molecule has 2 aromatic carbocycles. The van der Waals surface area contributed by atoms with Gasteiger partial charge in [0.25, 0.3) is 5.91 Å². The normalized spacial score (nSPS) is 20.0. The van der Waals surface area contributed by atoms with E-state index >= 15 is 0 Å². The molecule has 6 nitrogen and oxygen atoms in total. The highest BCUT2D eigenvalue weighted by Crippen LogP contribution is 2.40. The van der Waals surface area contributed by atoms with E-state index in [1.54, 1.807) is 12.1 Å². The second-order valence-electron chi connectivity index (χ2n) is 9.03. The molecule has 1 aliphatic heterocycles. The monoisotopic (exact) mass is 476 g/mol. The Labute approximate surface area is 203 Å². The minimum Gasteiger partial charge on any atom is -0.478 e. The van der Waals surface area contributed by atoms with Gasteiger partial charge in [-0.25, -0.2) is 4.79 Å². The minimum absolute atomic E-state index is 0.137. The Morgan fingerprint density at radius 3 is 2.62 bits per heavy atom. The Morgan fingerprint density at radius 1 is 1.12 bits per heavy atom. The van der Waals surface area contributed by atoms with E-state index in [0.29, 0.717) is 23.8 Å². The number of carbonyl (C=O) groups excluding carboxylic acids is 1. The zero-order valence-electron chi connectivity index (χ0n) is 19.1. The fraction of sp³-hybridized carbons (Fsp3) is 0.333. The van der Waals surface area contributed by atoms with Crippen LogP contribution < -0.4 is 10.2 Å². The van der Waals surface area contributed by atoms with Crippen LogP contribution in [0.4, 0.5) is 10.7 Å². The topological polar surface area (TPSA) is 78.9 Å². The Morgan fingerprint density at radius 2 is 1.88 bits per heavy atom. The maximum absolute atomic E-state index is 13.0. The number of hydrogen-bond donors (Lipinski definition) is 2. The van der Waals surface area contributed by atoms with Crippen molar-refractivity contribution >= 4 is 33.9 Å². The van der Waals surface area contributed by atoms with Crippen molar-refractivity contribution in [3.8, 4) is 0 Å². The van der Waals surface area contributed by atoms with E-state index in [-0.39, 0.29) is 23.4 Å². The number of anilines is 2. The standard InChI is InChI=1S/C27H28N2O4S/c1-17-15-33-13-12-29(17)22-10-8-19(9-11-22)25(30)28-26-24(27(31)32)23(16-34-26)21-7-6-18-4-2-3-5-20(18)14-21/h2-5,8-11,16-17,21H,6-7,12-15H2,1H3,(H,28,30)(H,31,32)/t17-,21?/m1/s1. The molecule has 0 saturated carbocycles. The number of aromatic carboxylic acids is 1. The molecule has 1 fully saturated rings. The molecule has 1 saturated heterocycles. The van der Waals surface area contributed by atoms with Crippen molar-refractivity contribution in [1.29, 1.82) is 0 Å². The average Bonchev–Trinajstić information content (AvgIpc) is 3.28. The summed E-state index contributed by atoms with van der Waals surface area (Å²) in [7, 11) is 0. The van der Waals surface area contributed by atoms with Gasteiger partial charge in [0.2, 0.25) is 0 Å². The van der Waals surface area contributed by atoms with Gasteiger partial charge >= 0.3 is 5.97 Å². The largest absolute Gasteiger partial charge is 0.478 e. The fourth-order valence-electron chi connectivity index (χ4n) is 5.04. The summed E-state index contributed by atoms with van der Waals surface area (Å²) in [6.45, 7) is 4.32. The second-order valence-corrected chi connectivity index (χ2v) is 9.91. The maximum Gasteiger partial charge on any atom is 0.339 e. The number of thiophene rings is 1. The fourth-order valence-corrected chi connectivity index (χ4v) is 6.07. The van der Waals surface area contributed by atoms with E-state index in [9.17, 15) is 14.7 Å². The van der Waals surface area contributed by atoms with Crippen molar-refractivity contribution in [3.05, 3.63) is 81.7 Å². The number of rotatable bonds is 5. The van der Waals surface area contributed by atoms with Gasteiger partial charge in [-0.15, -0.1) is 11.3 Å². The molecule has 3 aromatic rings. The number of ether oxygens (including phenoxy) is 1. The molecule has 2 N–H and O–H groups in total. The summed E-state index contributed by atoms with van der Waals surface area (Å²) in [6.07, 6.45) is 2.66. The molecule has 1 unspecified atom stereocenters. The number of amides is 1. The number of hydrogen-bond acceptors (Lipinski definition) is 5. The van der Waals surface area contributed by atoms with Crippen LogP contribution in [0, 0.1) is 0 Å². The van der Waals surface area contributed by atoms with Gasteiger partial charge in [-0.1, -0.05) is 24.3 Å². The first kappa shape index (κ1) is 22.6. The summed E-state index contributed by atoms with van der Waals surface area (Å²) in [5.74, 6) is -1.16. The first-order valence-corrected chi connectivity index (χ1v) is 12.6. The molecular formula is C27H28N2O4S. The van der Waals surface area contributed by atoms with Gasteiger partial charge in [0.05, 0.1) is 18.8 Å². The summed E-state index contributed by atoms with van der Waals surface area (Å²) >= 11 is 1.29. The lowest BCUT2D eigenvalue weighted by Gasteiger charge is -2.35. The molecule has 2 atom stereocenters. The van der Waals surface area contributed by atoms with Crippen LogP contribution in [0.5, 0.6) is 0 Å². The van der Waals surface area contributed by atoms with E-state index in [2.05, 4.69) is 29.3 Å². The molecule has 34 heavy (non-hydrogen) atoms. The van der Waals surface area contributed by atoms with Crippen molar-refractivity contribution in [1.82, 2.24) is 0 Å². The zero-order valence-corrected chi connectivity index (χ0v) is 19.9. The first-order valence-electron chi connectivity index (χ1n) is 11.7. The van der Waals surface area contributed by atoms with Gasteiger partial charge in [0, 0.05) is 23.8 Å². The molecule has 1 aromatic heterocycles. The van der Waals surface area contributed by atoms with Crippen LogP contribution in [0.2, 0.25) is 0 Å². The van der Waals surface area contributed by atoms with Crippen LogP contribution in [-0.2, 0) is 17.6 Å². The first-order chi connectivity index (χ1) is 16.5. The molecule has 0 radical (unpaired) electrons. The Bertz CT molecular complexity index is 1200. The number of carboxylic acid groups (broad SMARTS) is 1. The van der Waals surface area contributed by atoms with E-state index < -0.39 is 5.97 Å². The number of benzene rings is 2. The van der Waals surface area contributed by atoms with E-state index in [1.165, 1.54) is 22.5 Å². The molecule has 2 heterocycles. The SMILES string of the molecule is C[C@@H]1COCCN1c1ccc(C(=O)Nc2scc(C3CCc4ccccc4C3)c2C(=O)O)cc1. The summed E-state index contributed by atoms with van der Waals surface area (Å²) in [6, 6.07) is 16.1. The highest BCUT2D eigenvalue weighted by molar-refractivity contribution is 7.15. The van der Waals surface area contributed by atoms with Crippen LogP contribution in [-0.4, -0.2) is 42.8 Å². The average molecular weight is 477 g/mol. The van der Waals surface area contributed by atoms with Gasteiger partial charge in [0.15, 0.2) is 0 Å². The predicted octanol–water partition coefficient (Wildman–Crippen LogP) is 5.20. The molecule has 1 amide bonds. The van der Waals surface area contributed by atoms with Crippen molar-refractivity contribution in [3.63, 3.8) is 0 Å². The third kappa shape index (κ3) is 4.45. The Kier molecular flexibility index (Phi) is 6.39. The molecule has 176 valence electrons. The van der Waals surface area contributed by atoms with Crippen molar-refractivity contribution in [2.24, 2.45) is 0 Å². The number of fused-ring (bicyclic) bond motifs is 1. The van der Waals surface area contributed by atoms with E-state index in [1.807, 2.05) is 29.6 Å². The third-order valence-electron chi connectivity index (χ3n) is 6.88. The van der Waals surface area contributed by atoms with Crippen molar-refractivity contribution in [2.45, 2.75) is 38.1 Å².